The van der Waals surface area contributed by atoms with Gasteiger partial charge in [-0.2, -0.15) is 0 Å². The summed E-state index contributed by atoms with van der Waals surface area (Å²) in [5, 5.41) is 9.42. The lowest BCUT2D eigenvalue weighted by molar-refractivity contribution is -0.122. The molecule has 0 fully saturated rings. The van der Waals surface area contributed by atoms with Crippen molar-refractivity contribution in [2.45, 2.75) is 13.0 Å². The van der Waals surface area contributed by atoms with Crippen LogP contribution in [0.25, 0.3) is 0 Å². The average Bonchev–Trinajstić information content (AvgIpc) is 3.02. The number of nitrogens with one attached hydrogen (secondary N) is 3. The quantitative estimate of drug-likeness (QED) is 0.767. The molecule has 0 radical (unpaired) electrons. The standard InChI is InChI=1S/C15H16N4O3S/c1-9(13(20)16-2)18-15(22)12-11(5-8-23-12)19-14(21)10-3-6-17-7-4-10/h3-9H,1-2H3,(H,16,20)(H,18,22)(H,19,21). The fourth-order valence-electron chi connectivity index (χ4n) is 1.83. The van der Waals surface area contributed by atoms with Gasteiger partial charge < -0.3 is 16.0 Å². The van der Waals surface area contributed by atoms with Crippen LogP contribution in [0.3, 0.4) is 0 Å². The van der Waals surface area contributed by atoms with Crippen LogP contribution in [0, 0.1) is 0 Å². The Hall–Kier alpha value is -2.74. The van der Waals surface area contributed by atoms with Crippen molar-refractivity contribution >= 4 is 34.7 Å². The minimum Gasteiger partial charge on any atom is -0.357 e. The molecule has 2 aromatic rings. The zero-order chi connectivity index (χ0) is 16.8. The Morgan fingerprint density at radius 1 is 1.13 bits per heavy atom. The molecule has 0 saturated carbocycles. The largest absolute Gasteiger partial charge is 0.357 e. The van der Waals surface area contributed by atoms with Gasteiger partial charge in [0.25, 0.3) is 11.8 Å². The van der Waals surface area contributed by atoms with Crippen molar-refractivity contribution in [1.82, 2.24) is 15.6 Å². The predicted molar refractivity (Wildman–Crippen MR) is 87.5 cm³/mol. The van der Waals surface area contributed by atoms with Crippen LogP contribution in [0.1, 0.15) is 27.0 Å². The normalized spacial score (nSPS) is 11.4. The van der Waals surface area contributed by atoms with E-state index in [4.69, 9.17) is 0 Å². The van der Waals surface area contributed by atoms with E-state index in [1.54, 1.807) is 30.5 Å². The third-order valence-electron chi connectivity index (χ3n) is 3.05. The summed E-state index contributed by atoms with van der Waals surface area (Å²) in [6.45, 7) is 1.58. The van der Waals surface area contributed by atoms with E-state index in [-0.39, 0.29) is 11.8 Å². The monoisotopic (exact) mass is 332 g/mol. The smallest absolute Gasteiger partial charge is 0.264 e. The molecule has 0 aliphatic heterocycles. The minimum atomic E-state index is -0.668. The number of hydrogen-bond donors (Lipinski definition) is 3. The lowest BCUT2D eigenvalue weighted by atomic mass is 10.2. The van der Waals surface area contributed by atoms with Gasteiger partial charge >= 0.3 is 0 Å². The maximum absolute atomic E-state index is 12.2. The zero-order valence-electron chi connectivity index (χ0n) is 12.6. The van der Waals surface area contributed by atoms with Crippen molar-refractivity contribution in [2.24, 2.45) is 0 Å². The summed E-state index contributed by atoms with van der Waals surface area (Å²) in [5.41, 5.74) is 0.842. The number of pyridine rings is 1. The summed E-state index contributed by atoms with van der Waals surface area (Å²) in [5.74, 6) is -1.04. The van der Waals surface area contributed by atoms with Gasteiger partial charge in [0.05, 0.1) is 5.69 Å². The molecule has 120 valence electrons. The number of carbonyl (C=O) groups excluding carboxylic acids is 3. The first-order valence-corrected chi connectivity index (χ1v) is 7.72. The van der Waals surface area contributed by atoms with E-state index >= 15 is 0 Å². The fourth-order valence-corrected chi connectivity index (χ4v) is 2.58. The number of carbonyl (C=O) groups is 3. The number of likely N-dealkylation sites (N-methyl/N-ethyl adjacent to an activating group) is 1. The third-order valence-corrected chi connectivity index (χ3v) is 3.96. The Morgan fingerprint density at radius 3 is 2.48 bits per heavy atom. The molecule has 0 saturated heterocycles. The predicted octanol–water partition coefficient (Wildman–Crippen LogP) is 1.26. The molecule has 2 rings (SSSR count). The first-order valence-electron chi connectivity index (χ1n) is 6.84. The minimum absolute atomic E-state index is 0.294. The van der Waals surface area contributed by atoms with Crippen LogP contribution >= 0.6 is 11.3 Å². The van der Waals surface area contributed by atoms with E-state index in [0.717, 1.165) is 0 Å². The van der Waals surface area contributed by atoms with Crippen molar-refractivity contribution in [2.75, 3.05) is 12.4 Å². The van der Waals surface area contributed by atoms with Crippen molar-refractivity contribution < 1.29 is 14.4 Å². The van der Waals surface area contributed by atoms with Crippen LogP contribution in [-0.4, -0.2) is 35.8 Å². The van der Waals surface area contributed by atoms with Crippen LogP contribution in [0.2, 0.25) is 0 Å². The molecule has 23 heavy (non-hydrogen) atoms. The van der Waals surface area contributed by atoms with E-state index in [1.807, 2.05) is 0 Å². The highest BCUT2D eigenvalue weighted by molar-refractivity contribution is 7.12. The molecule has 3 N–H and O–H groups in total. The number of amides is 3. The SMILES string of the molecule is CNC(=O)C(C)NC(=O)c1sccc1NC(=O)c1ccncc1. The number of anilines is 1. The summed E-state index contributed by atoms with van der Waals surface area (Å²) in [4.78, 5) is 40.0. The van der Waals surface area contributed by atoms with Crippen LogP contribution in [0.4, 0.5) is 5.69 Å². The Morgan fingerprint density at radius 2 is 1.83 bits per heavy atom. The van der Waals surface area contributed by atoms with E-state index in [0.29, 0.717) is 16.1 Å². The van der Waals surface area contributed by atoms with Gasteiger partial charge in [-0.3, -0.25) is 19.4 Å². The van der Waals surface area contributed by atoms with Crippen molar-refractivity contribution in [1.29, 1.82) is 0 Å². The van der Waals surface area contributed by atoms with E-state index < -0.39 is 11.9 Å². The molecule has 1 unspecified atom stereocenters. The Balaban J connectivity index is 2.09. The van der Waals surface area contributed by atoms with Gasteiger partial charge in [0.1, 0.15) is 10.9 Å². The second-order valence-electron chi connectivity index (χ2n) is 4.66. The average molecular weight is 332 g/mol. The van der Waals surface area contributed by atoms with Gasteiger partial charge in [-0.15, -0.1) is 11.3 Å². The first-order chi connectivity index (χ1) is 11.0. The lowest BCUT2D eigenvalue weighted by Crippen LogP contribution is -2.43. The zero-order valence-corrected chi connectivity index (χ0v) is 13.4. The molecule has 2 heterocycles. The van der Waals surface area contributed by atoms with Crippen LogP contribution in [-0.2, 0) is 4.79 Å². The van der Waals surface area contributed by atoms with Crippen molar-refractivity contribution in [3.63, 3.8) is 0 Å². The van der Waals surface area contributed by atoms with Gasteiger partial charge in [-0.1, -0.05) is 0 Å². The molecule has 0 aromatic carbocycles. The molecule has 7 nitrogen and oxygen atoms in total. The van der Waals surface area contributed by atoms with Crippen molar-refractivity contribution in [3.8, 4) is 0 Å². The van der Waals surface area contributed by atoms with Crippen LogP contribution < -0.4 is 16.0 Å². The maximum Gasteiger partial charge on any atom is 0.264 e. The number of thiophene rings is 1. The van der Waals surface area contributed by atoms with Gasteiger partial charge in [0.15, 0.2) is 0 Å². The molecular formula is C15H16N4O3S. The molecule has 0 bridgehead atoms. The summed E-state index contributed by atoms with van der Waals surface area (Å²) < 4.78 is 0. The topological polar surface area (TPSA) is 100 Å². The summed E-state index contributed by atoms with van der Waals surface area (Å²) in [6.07, 6.45) is 3.03. The Labute approximate surface area is 137 Å². The molecule has 0 aliphatic carbocycles. The number of rotatable bonds is 5. The third kappa shape index (κ3) is 4.13. The van der Waals surface area contributed by atoms with Gasteiger partial charge in [-0.05, 0) is 30.5 Å². The summed E-state index contributed by atoms with van der Waals surface area (Å²) >= 11 is 1.19. The van der Waals surface area contributed by atoms with Gasteiger partial charge in [0, 0.05) is 25.0 Å². The number of hydrogen-bond acceptors (Lipinski definition) is 5. The Kier molecular flexibility index (Phi) is 5.42. The Bertz CT molecular complexity index is 715. The molecule has 2 aromatic heterocycles. The fraction of sp³-hybridized carbons (Fsp3) is 0.200. The second kappa shape index (κ2) is 7.50. The molecule has 0 spiro atoms. The van der Waals surface area contributed by atoms with Gasteiger partial charge in [0.2, 0.25) is 5.91 Å². The maximum atomic E-state index is 12.2. The summed E-state index contributed by atoms with van der Waals surface area (Å²) in [7, 11) is 1.50. The molecule has 0 aliphatic rings. The van der Waals surface area contributed by atoms with Crippen LogP contribution in [0.15, 0.2) is 36.0 Å². The van der Waals surface area contributed by atoms with E-state index in [9.17, 15) is 14.4 Å². The second-order valence-corrected chi connectivity index (χ2v) is 5.58. The molecule has 8 heteroatoms. The first kappa shape index (κ1) is 16.6. The van der Waals surface area contributed by atoms with E-state index in [1.165, 1.54) is 30.8 Å². The number of nitrogens with zero attached hydrogens (tertiary/aromatic N) is 1. The highest BCUT2D eigenvalue weighted by Gasteiger charge is 2.20. The lowest BCUT2D eigenvalue weighted by Gasteiger charge is -2.12. The highest BCUT2D eigenvalue weighted by Crippen LogP contribution is 2.23. The van der Waals surface area contributed by atoms with Gasteiger partial charge in [-0.25, -0.2) is 0 Å². The van der Waals surface area contributed by atoms with Crippen LogP contribution in [0.5, 0.6) is 0 Å². The highest BCUT2D eigenvalue weighted by atomic mass is 32.1. The molecule has 3 amide bonds. The number of aromatic nitrogens is 1. The summed E-state index contributed by atoms with van der Waals surface area (Å²) in [6, 6.07) is 4.13. The van der Waals surface area contributed by atoms with Crippen molar-refractivity contribution in [3.05, 3.63) is 46.4 Å². The molecule has 1 atom stereocenters. The molecular weight excluding hydrogens is 316 g/mol. The van der Waals surface area contributed by atoms with E-state index in [2.05, 4.69) is 20.9 Å².